The fourth-order valence-electron chi connectivity index (χ4n) is 4.00. The van der Waals surface area contributed by atoms with Crippen LogP contribution in [0.25, 0.3) is 0 Å². The normalized spacial score (nSPS) is 24.5. The predicted molar refractivity (Wildman–Crippen MR) is 117 cm³/mol. The molecule has 6 nitrogen and oxygen atoms in total. The van der Waals surface area contributed by atoms with Crippen molar-refractivity contribution in [3.8, 4) is 0 Å². The molecule has 0 amide bonds. The summed E-state index contributed by atoms with van der Waals surface area (Å²) in [5.74, 6) is 1.52. The van der Waals surface area contributed by atoms with E-state index in [1.54, 1.807) is 0 Å². The van der Waals surface area contributed by atoms with Crippen molar-refractivity contribution in [2.24, 2.45) is 16.8 Å². The molecule has 2 atom stereocenters. The Morgan fingerprint density at radius 2 is 2.00 bits per heavy atom. The first-order valence-corrected chi connectivity index (χ1v) is 9.91. The third-order valence-corrected chi connectivity index (χ3v) is 5.15. The Hall–Kier alpha value is -0.570. The lowest BCUT2D eigenvalue weighted by atomic mass is 9.98. The number of esters is 1. The molecule has 1 N–H and O–H groups in total. The van der Waals surface area contributed by atoms with Crippen molar-refractivity contribution in [3.05, 3.63) is 0 Å². The van der Waals surface area contributed by atoms with Gasteiger partial charge in [0.2, 0.25) is 0 Å². The second-order valence-corrected chi connectivity index (χ2v) is 7.65. The summed E-state index contributed by atoms with van der Waals surface area (Å²) in [5.41, 5.74) is 0. The van der Waals surface area contributed by atoms with Crippen LogP contribution in [-0.4, -0.2) is 74.1 Å². The van der Waals surface area contributed by atoms with E-state index in [2.05, 4.69) is 34.0 Å². The van der Waals surface area contributed by atoms with Crippen molar-refractivity contribution in [2.75, 3.05) is 46.4 Å². The van der Waals surface area contributed by atoms with E-state index >= 15 is 0 Å². The number of ether oxygens (including phenoxy) is 1. The van der Waals surface area contributed by atoms with Crippen LogP contribution >= 0.6 is 24.0 Å². The summed E-state index contributed by atoms with van der Waals surface area (Å²) < 4.78 is 5.20. The van der Waals surface area contributed by atoms with E-state index in [0.717, 1.165) is 31.9 Å². The molecule has 1 unspecified atom stereocenters. The van der Waals surface area contributed by atoms with Crippen molar-refractivity contribution in [1.29, 1.82) is 0 Å². The number of nitrogens with zero attached hydrogens (tertiary/aromatic N) is 3. The second-order valence-electron chi connectivity index (χ2n) is 7.65. The van der Waals surface area contributed by atoms with Crippen LogP contribution in [0.1, 0.15) is 46.5 Å². The van der Waals surface area contributed by atoms with Gasteiger partial charge in [-0.25, -0.2) is 0 Å². The zero-order valence-electron chi connectivity index (χ0n) is 16.9. The summed E-state index contributed by atoms with van der Waals surface area (Å²) in [5, 5.41) is 3.56. The number of carbonyl (C=O) groups is 1. The highest BCUT2D eigenvalue weighted by Crippen LogP contribution is 2.20. The number of rotatable bonds is 6. The number of likely N-dealkylation sites (tertiary alicyclic amines) is 2. The first-order chi connectivity index (χ1) is 12.0. The van der Waals surface area contributed by atoms with Gasteiger partial charge < -0.3 is 15.0 Å². The highest BCUT2D eigenvalue weighted by Gasteiger charge is 2.29. The van der Waals surface area contributed by atoms with E-state index < -0.39 is 0 Å². The quantitative estimate of drug-likeness (QED) is 0.274. The lowest BCUT2D eigenvalue weighted by molar-refractivity contribution is -0.149. The molecule has 2 aliphatic heterocycles. The van der Waals surface area contributed by atoms with Crippen LogP contribution < -0.4 is 5.32 Å². The minimum Gasteiger partial charge on any atom is -0.466 e. The fourth-order valence-corrected chi connectivity index (χ4v) is 4.00. The average Bonchev–Trinajstić information content (AvgIpc) is 3.02. The molecule has 2 saturated heterocycles. The van der Waals surface area contributed by atoms with Gasteiger partial charge in [-0.2, -0.15) is 0 Å². The van der Waals surface area contributed by atoms with Crippen LogP contribution in [-0.2, 0) is 9.53 Å². The van der Waals surface area contributed by atoms with Crippen LogP contribution in [0.4, 0.5) is 0 Å². The van der Waals surface area contributed by atoms with Crippen LogP contribution in [0.5, 0.6) is 0 Å². The van der Waals surface area contributed by atoms with E-state index in [0.29, 0.717) is 25.1 Å². The highest BCUT2D eigenvalue weighted by atomic mass is 127. The van der Waals surface area contributed by atoms with Gasteiger partial charge in [-0.3, -0.25) is 14.7 Å². The van der Waals surface area contributed by atoms with E-state index in [1.807, 2.05) is 14.0 Å². The molecule has 2 heterocycles. The maximum Gasteiger partial charge on any atom is 0.310 e. The van der Waals surface area contributed by atoms with E-state index in [4.69, 9.17) is 4.74 Å². The Morgan fingerprint density at radius 3 is 2.65 bits per heavy atom. The molecule has 2 fully saturated rings. The number of aliphatic imine (C=N–C) groups is 1. The number of guanidine groups is 1. The van der Waals surface area contributed by atoms with Gasteiger partial charge in [0.25, 0.3) is 0 Å². The zero-order chi connectivity index (χ0) is 18.2. The van der Waals surface area contributed by atoms with Crippen LogP contribution in [0.15, 0.2) is 4.99 Å². The maximum absolute atomic E-state index is 12.1. The molecule has 152 valence electrons. The smallest absolute Gasteiger partial charge is 0.310 e. The predicted octanol–water partition coefficient (Wildman–Crippen LogP) is 2.58. The van der Waals surface area contributed by atoms with Gasteiger partial charge in [0.1, 0.15) is 0 Å². The molecule has 0 aromatic rings. The van der Waals surface area contributed by atoms with Crippen molar-refractivity contribution in [1.82, 2.24) is 15.1 Å². The fraction of sp³-hybridized carbons (Fsp3) is 0.895. The molecule has 0 radical (unpaired) electrons. The molecule has 0 spiro atoms. The topological polar surface area (TPSA) is 57.2 Å². The van der Waals surface area contributed by atoms with Gasteiger partial charge in [-0.15, -0.1) is 24.0 Å². The Morgan fingerprint density at radius 1 is 1.27 bits per heavy atom. The van der Waals surface area contributed by atoms with Gasteiger partial charge in [0.15, 0.2) is 5.96 Å². The number of halogens is 1. The van der Waals surface area contributed by atoms with E-state index in [1.165, 1.54) is 25.9 Å². The van der Waals surface area contributed by atoms with Gasteiger partial charge in [-0.1, -0.05) is 13.8 Å². The lowest BCUT2D eigenvalue weighted by Gasteiger charge is -2.35. The van der Waals surface area contributed by atoms with Gasteiger partial charge in [0, 0.05) is 39.3 Å². The molecule has 26 heavy (non-hydrogen) atoms. The molecule has 0 aromatic carbocycles. The summed E-state index contributed by atoms with van der Waals surface area (Å²) >= 11 is 0. The van der Waals surface area contributed by atoms with E-state index in [-0.39, 0.29) is 35.9 Å². The Balaban J connectivity index is 0.00000338. The minimum atomic E-state index is -0.0680. The summed E-state index contributed by atoms with van der Waals surface area (Å²) in [6.07, 6.45) is 4.46. The molecule has 7 heteroatoms. The standard InChI is InChI=1S/C19H36N4O2.HI/c1-5-25-18(24)16-8-6-11-23(14-16)19(20-4)21-12-17-9-7-10-22(17)13-15(2)3;/h15-17H,5-14H2,1-4H3,(H,20,21);1H/t16?,17-;/m1./s1. The number of hydrogen-bond donors (Lipinski definition) is 1. The molecule has 0 saturated carbocycles. The summed E-state index contributed by atoms with van der Waals surface area (Å²) in [4.78, 5) is 21.3. The molecule has 2 rings (SSSR count). The highest BCUT2D eigenvalue weighted by molar-refractivity contribution is 14.0. The number of hydrogen-bond acceptors (Lipinski definition) is 4. The van der Waals surface area contributed by atoms with Crippen molar-refractivity contribution >= 4 is 35.9 Å². The van der Waals surface area contributed by atoms with Gasteiger partial charge in [0.05, 0.1) is 12.5 Å². The van der Waals surface area contributed by atoms with Crippen molar-refractivity contribution < 1.29 is 9.53 Å². The summed E-state index contributed by atoms with van der Waals surface area (Å²) in [6.45, 7) is 11.8. The molecule has 0 aromatic heterocycles. The third-order valence-electron chi connectivity index (χ3n) is 5.15. The second kappa shape index (κ2) is 12.0. The largest absolute Gasteiger partial charge is 0.466 e. The van der Waals surface area contributed by atoms with Gasteiger partial charge in [-0.05, 0) is 45.1 Å². The number of piperidine rings is 1. The molecule has 0 aliphatic carbocycles. The molecule has 2 aliphatic rings. The average molecular weight is 480 g/mol. The van der Waals surface area contributed by atoms with Crippen molar-refractivity contribution in [2.45, 2.75) is 52.5 Å². The zero-order valence-corrected chi connectivity index (χ0v) is 19.2. The minimum absolute atomic E-state index is 0. The van der Waals surface area contributed by atoms with Crippen LogP contribution in [0.2, 0.25) is 0 Å². The molecular weight excluding hydrogens is 443 g/mol. The first-order valence-electron chi connectivity index (χ1n) is 9.91. The third kappa shape index (κ3) is 6.87. The molecular formula is C19H37IN4O2. The SMILES string of the molecule is CCOC(=O)C1CCCN(C(=NC)NC[C@H]2CCCN2CC(C)C)C1.I. The first kappa shape index (κ1) is 23.5. The Labute approximate surface area is 176 Å². The summed E-state index contributed by atoms with van der Waals surface area (Å²) in [6, 6.07) is 0.588. The number of carbonyl (C=O) groups excluding carboxylic acids is 1. The maximum atomic E-state index is 12.1. The van der Waals surface area contributed by atoms with Crippen LogP contribution in [0.3, 0.4) is 0 Å². The lowest BCUT2D eigenvalue weighted by Crippen LogP contribution is -2.51. The summed E-state index contributed by atoms with van der Waals surface area (Å²) in [7, 11) is 1.83. The molecule has 0 bridgehead atoms. The Bertz CT molecular complexity index is 459. The van der Waals surface area contributed by atoms with E-state index in [9.17, 15) is 4.79 Å². The number of nitrogens with one attached hydrogen (secondary N) is 1. The van der Waals surface area contributed by atoms with Gasteiger partial charge >= 0.3 is 5.97 Å². The van der Waals surface area contributed by atoms with Crippen LogP contribution in [0, 0.1) is 11.8 Å². The monoisotopic (exact) mass is 480 g/mol. The Kier molecular flexibility index (Phi) is 10.8. The van der Waals surface area contributed by atoms with Crippen molar-refractivity contribution in [3.63, 3.8) is 0 Å².